The van der Waals surface area contributed by atoms with Crippen molar-refractivity contribution in [3.8, 4) is 0 Å². The zero-order chi connectivity index (χ0) is 9.68. The van der Waals surface area contributed by atoms with Crippen LogP contribution >= 0.6 is 23.5 Å². The molecule has 0 radical (unpaired) electrons. The molecule has 0 saturated carbocycles. The number of hydrogen-bond donors (Lipinski definition) is 1. The van der Waals surface area contributed by atoms with Gasteiger partial charge in [-0.1, -0.05) is 0 Å². The van der Waals surface area contributed by atoms with E-state index in [-0.39, 0.29) is 0 Å². The lowest BCUT2D eigenvalue weighted by molar-refractivity contribution is 1.36. The molecule has 0 atom stereocenters. The van der Waals surface area contributed by atoms with Gasteiger partial charge in [0.15, 0.2) is 0 Å². The number of benzene rings is 1. The maximum Gasteiger partial charge on any atom is 0.0344 e. The molecule has 13 heavy (non-hydrogen) atoms. The van der Waals surface area contributed by atoms with Gasteiger partial charge in [0, 0.05) is 22.1 Å². The minimum absolute atomic E-state index is 0.884. The van der Waals surface area contributed by atoms with Gasteiger partial charge in [0.2, 0.25) is 0 Å². The van der Waals surface area contributed by atoms with Crippen LogP contribution in [0, 0.1) is 6.92 Å². The molecule has 0 heterocycles. The lowest BCUT2D eigenvalue weighted by Crippen LogP contribution is -1.89. The molecule has 2 N–H and O–H groups in total. The van der Waals surface area contributed by atoms with E-state index in [4.69, 9.17) is 5.73 Å². The predicted molar refractivity (Wildman–Crippen MR) is 64.7 cm³/mol. The summed E-state index contributed by atoms with van der Waals surface area (Å²) in [6.45, 7) is 2.05. The summed E-state index contributed by atoms with van der Waals surface area (Å²) >= 11 is 3.77. The first-order valence-electron chi connectivity index (χ1n) is 4.22. The van der Waals surface area contributed by atoms with Gasteiger partial charge < -0.3 is 5.73 Å². The molecule has 0 unspecified atom stereocenters. The third kappa shape index (κ3) is 3.53. The average Bonchev–Trinajstić information content (AvgIpc) is 2.12. The maximum absolute atomic E-state index is 5.73. The number of anilines is 1. The maximum atomic E-state index is 5.73. The Hall–Kier alpha value is -0.280. The third-order valence-electron chi connectivity index (χ3n) is 1.80. The smallest absolute Gasteiger partial charge is 0.0344 e. The molecule has 0 aliphatic heterocycles. The molecule has 3 heteroatoms. The molecule has 0 bridgehead atoms. The summed E-state index contributed by atoms with van der Waals surface area (Å²) in [5.74, 6) is 2.37. The molecule has 1 nitrogen and oxygen atoms in total. The van der Waals surface area contributed by atoms with E-state index < -0.39 is 0 Å². The van der Waals surface area contributed by atoms with E-state index in [1.807, 2.05) is 36.5 Å². The molecule has 1 aromatic rings. The minimum atomic E-state index is 0.884. The number of nitrogens with two attached hydrogens (primary N) is 1. The highest BCUT2D eigenvalue weighted by Gasteiger charge is 1.96. The molecule has 0 amide bonds. The molecule has 0 aliphatic rings. The third-order valence-corrected chi connectivity index (χ3v) is 3.66. The Balaban J connectivity index is 2.53. The van der Waals surface area contributed by atoms with E-state index in [1.54, 1.807) is 0 Å². The van der Waals surface area contributed by atoms with Crippen LogP contribution in [0.4, 0.5) is 5.69 Å². The van der Waals surface area contributed by atoms with Crippen LogP contribution in [0.2, 0.25) is 0 Å². The fraction of sp³-hybridized carbons (Fsp3) is 0.400. The van der Waals surface area contributed by atoms with Crippen LogP contribution < -0.4 is 5.73 Å². The summed E-state index contributed by atoms with van der Waals surface area (Å²) in [6.07, 6.45) is 2.13. The van der Waals surface area contributed by atoms with Crippen molar-refractivity contribution in [2.24, 2.45) is 0 Å². The normalized spacial score (nSPS) is 10.3. The van der Waals surface area contributed by atoms with E-state index in [2.05, 4.69) is 18.4 Å². The van der Waals surface area contributed by atoms with Crippen LogP contribution in [0.1, 0.15) is 5.56 Å². The molecule has 0 saturated heterocycles. The van der Waals surface area contributed by atoms with Crippen LogP contribution in [-0.2, 0) is 0 Å². The summed E-state index contributed by atoms with van der Waals surface area (Å²) in [5.41, 5.74) is 7.79. The molecule has 0 fully saturated rings. The Morgan fingerprint density at radius 2 is 2.08 bits per heavy atom. The second kappa shape index (κ2) is 5.45. The Morgan fingerprint density at radius 3 is 2.69 bits per heavy atom. The Labute approximate surface area is 88.5 Å². The topological polar surface area (TPSA) is 26.0 Å². The van der Waals surface area contributed by atoms with Crippen LogP contribution in [0.25, 0.3) is 0 Å². The quantitative estimate of drug-likeness (QED) is 0.473. The van der Waals surface area contributed by atoms with Crippen molar-refractivity contribution in [2.75, 3.05) is 23.5 Å². The summed E-state index contributed by atoms with van der Waals surface area (Å²) in [5, 5.41) is 0. The molecule has 72 valence electrons. The lowest BCUT2D eigenvalue weighted by Gasteiger charge is -2.03. The van der Waals surface area contributed by atoms with E-state index >= 15 is 0 Å². The Bertz CT molecular complexity index is 274. The van der Waals surface area contributed by atoms with Gasteiger partial charge in [0.25, 0.3) is 0 Å². The van der Waals surface area contributed by atoms with Crippen molar-refractivity contribution >= 4 is 29.2 Å². The van der Waals surface area contributed by atoms with E-state index in [0.717, 1.165) is 5.69 Å². The average molecular weight is 213 g/mol. The summed E-state index contributed by atoms with van der Waals surface area (Å²) in [6, 6.07) is 6.23. The van der Waals surface area contributed by atoms with E-state index in [1.165, 1.54) is 22.0 Å². The fourth-order valence-corrected chi connectivity index (χ4v) is 2.64. The van der Waals surface area contributed by atoms with E-state index in [0.29, 0.717) is 0 Å². The van der Waals surface area contributed by atoms with Crippen LogP contribution in [0.5, 0.6) is 0 Å². The van der Waals surface area contributed by atoms with Crippen molar-refractivity contribution in [3.63, 3.8) is 0 Å². The largest absolute Gasteiger partial charge is 0.399 e. The Morgan fingerprint density at radius 1 is 1.31 bits per heavy atom. The SMILES string of the molecule is CSCCSc1ccc(N)c(C)c1. The van der Waals surface area contributed by atoms with Crippen molar-refractivity contribution < 1.29 is 0 Å². The van der Waals surface area contributed by atoms with Gasteiger partial charge in [0.1, 0.15) is 0 Å². The highest BCUT2D eigenvalue weighted by Crippen LogP contribution is 2.22. The lowest BCUT2D eigenvalue weighted by atomic mass is 10.2. The van der Waals surface area contributed by atoms with Crippen LogP contribution in [0.3, 0.4) is 0 Å². The number of thioether (sulfide) groups is 2. The van der Waals surface area contributed by atoms with Gasteiger partial charge in [-0.2, -0.15) is 11.8 Å². The number of nitrogen functional groups attached to an aromatic ring is 1. The molecule has 0 spiro atoms. The van der Waals surface area contributed by atoms with Crippen molar-refractivity contribution in [1.82, 2.24) is 0 Å². The standard InChI is InChI=1S/C10H15NS2/c1-8-7-9(3-4-10(8)11)13-6-5-12-2/h3-4,7H,5-6,11H2,1-2H3. The minimum Gasteiger partial charge on any atom is -0.399 e. The number of aryl methyl sites for hydroxylation is 1. The predicted octanol–water partition coefficient (Wildman–Crippen LogP) is 3.03. The molecule has 0 aromatic heterocycles. The second-order valence-corrected chi connectivity index (χ2v) is 5.01. The van der Waals surface area contributed by atoms with Gasteiger partial charge in [-0.25, -0.2) is 0 Å². The molecular formula is C10H15NS2. The molecular weight excluding hydrogens is 198 g/mol. The second-order valence-electron chi connectivity index (χ2n) is 2.86. The highest BCUT2D eigenvalue weighted by molar-refractivity contribution is 8.02. The fourth-order valence-electron chi connectivity index (χ4n) is 0.981. The first-order valence-corrected chi connectivity index (χ1v) is 6.60. The summed E-state index contributed by atoms with van der Waals surface area (Å²) < 4.78 is 0. The van der Waals surface area contributed by atoms with Gasteiger partial charge in [0.05, 0.1) is 0 Å². The summed E-state index contributed by atoms with van der Waals surface area (Å²) in [7, 11) is 0. The number of hydrogen-bond acceptors (Lipinski definition) is 3. The van der Waals surface area contributed by atoms with Gasteiger partial charge in [-0.15, -0.1) is 11.8 Å². The zero-order valence-electron chi connectivity index (χ0n) is 8.04. The van der Waals surface area contributed by atoms with Gasteiger partial charge in [-0.3, -0.25) is 0 Å². The van der Waals surface area contributed by atoms with Crippen molar-refractivity contribution in [2.45, 2.75) is 11.8 Å². The van der Waals surface area contributed by atoms with E-state index in [9.17, 15) is 0 Å². The Kier molecular flexibility index (Phi) is 4.53. The number of rotatable bonds is 4. The molecule has 1 aromatic carbocycles. The first-order chi connectivity index (χ1) is 6.24. The zero-order valence-corrected chi connectivity index (χ0v) is 9.67. The highest BCUT2D eigenvalue weighted by atomic mass is 32.2. The van der Waals surface area contributed by atoms with Crippen LogP contribution in [0.15, 0.2) is 23.1 Å². The van der Waals surface area contributed by atoms with Crippen molar-refractivity contribution in [3.05, 3.63) is 23.8 Å². The molecule has 1 rings (SSSR count). The summed E-state index contributed by atoms with van der Waals surface area (Å²) in [4.78, 5) is 1.32. The molecule has 0 aliphatic carbocycles. The first kappa shape index (κ1) is 10.8. The van der Waals surface area contributed by atoms with Gasteiger partial charge >= 0.3 is 0 Å². The van der Waals surface area contributed by atoms with Crippen molar-refractivity contribution in [1.29, 1.82) is 0 Å². The van der Waals surface area contributed by atoms with Crippen LogP contribution in [-0.4, -0.2) is 17.8 Å². The van der Waals surface area contributed by atoms with Gasteiger partial charge in [-0.05, 0) is 36.9 Å². The monoisotopic (exact) mass is 213 g/mol.